The summed E-state index contributed by atoms with van der Waals surface area (Å²) in [5, 5.41) is 6.26. The molecule has 186 valence electrons. The molecule has 36 heavy (non-hydrogen) atoms. The summed E-state index contributed by atoms with van der Waals surface area (Å²) in [6, 6.07) is 14.3. The number of carbonyl (C=O) groups excluding carboxylic acids is 3. The van der Waals surface area contributed by atoms with Gasteiger partial charge in [-0.25, -0.2) is 14.8 Å². The third kappa shape index (κ3) is 5.68. The number of aryl methyl sites for hydroxylation is 2. The highest BCUT2D eigenvalue weighted by molar-refractivity contribution is 6.04. The number of nitrogens with zero attached hydrogens (tertiary/aromatic N) is 3. The van der Waals surface area contributed by atoms with Crippen molar-refractivity contribution in [3.05, 3.63) is 71.7 Å². The fourth-order valence-electron chi connectivity index (χ4n) is 4.11. The number of amides is 2. The van der Waals surface area contributed by atoms with Gasteiger partial charge < -0.3 is 20.3 Å². The second kappa shape index (κ2) is 11.0. The van der Waals surface area contributed by atoms with E-state index >= 15 is 0 Å². The lowest BCUT2D eigenvalue weighted by molar-refractivity contribution is -0.122. The summed E-state index contributed by atoms with van der Waals surface area (Å²) in [4.78, 5) is 47.6. The third-order valence-electron chi connectivity index (χ3n) is 6.01. The highest BCUT2D eigenvalue weighted by atomic mass is 16.5. The molecule has 0 aliphatic carbocycles. The van der Waals surface area contributed by atoms with E-state index < -0.39 is 11.9 Å². The first-order valence-electron chi connectivity index (χ1n) is 11.9. The molecule has 0 bridgehead atoms. The van der Waals surface area contributed by atoms with Gasteiger partial charge in [0.2, 0.25) is 11.8 Å². The second-order valence-corrected chi connectivity index (χ2v) is 8.56. The number of ether oxygens (including phenoxy) is 1. The van der Waals surface area contributed by atoms with Gasteiger partial charge in [0.25, 0.3) is 0 Å². The lowest BCUT2D eigenvalue weighted by atomic mass is 10.1. The topological polar surface area (TPSA) is 114 Å². The lowest BCUT2D eigenvalue weighted by Gasteiger charge is -2.18. The van der Waals surface area contributed by atoms with Crippen LogP contribution in [0.5, 0.6) is 0 Å². The predicted molar refractivity (Wildman–Crippen MR) is 137 cm³/mol. The van der Waals surface area contributed by atoms with Crippen LogP contribution < -0.4 is 15.5 Å². The minimum atomic E-state index is -0.493. The normalized spacial score (nSPS) is 15.0. The van der Waals surface area contributed by atoms with Gasteiger partial charge in [0, 0.05) is 41.8 Å². The van der Waals surface area contributed by atoms with Crippen molar-refractivity contribution < 1.29 is 19.1 Å². The Bertz CT molecular complexity index is 1280. The Morgan fingerprint density at radius 3 is 2.56 bits per heavy atom. The van der Waals surface area contributed by atoms with Gasteiger partial charge in [-0.3, -0.25) is 9.59 Å². The number of carbonyl (C=O) groups is 3. The lowest BCUT2D eigenvalue weighted by Crippen LogP contribution is -2.28. The minimum absolute atomic E-state index is 0.116. The van der Waals surface area contributed by atoms with Crippen molar-refractivity contribution in [3.63, 3.8) is 0 Å². The molecule has 9 heteroatoms. The first-order valence-corrected chi connectivity index (χ1v) is 11.9. The van der Waals surface area contributed by atoms with Gasteiger partial charge in [-0.2, -0.15) is 0 Å². The molecule has 2 heterocycles. The van der Waals surface area contributed by atoms with Crippen molar-refractivity contribution in [2.45, 2.75) is 33.6 Å². The molecule has 1 aromatic heterocycles. The largest absolute Gasteiger partial charge is 0.462 e. The van der Waals surface area contributed by atoms with Crippen LogP contribution in [0.3, 0.4) is 0 Å². The summed E-state index contributed by atoms with van der Waals surface area (Å²) in [5.74, 6) is -0.585. The summed E-state index contributed by atoms with van der Waals surface area (Å²) in [5.41, 5.74) is 4.37. The zero-order valence-electron chi connectivity index (χ0n) is 20.6. The van der Waals surface area contributed by atoms with E-state index in [1.807, 2.05) is 38.1 Å². The molecule has 1 fully saturated rings. The van der Waals surface area contributed by atoms with Crippen LogP contribution in [0.25, 0.3) is 0 Å². The van der Waals surface area contributed by atoms with E-state index in [9.17, 15) is 14.4 Å². The predicted octanol–water partition coefficient (Wildman–Crippen LogP) is 4.26. The van der Waals surface area contributed by atoms with Crippen molar-refractivity contribution >= 4 is 40.7 Å². The van der Waals surface area contributed by atoms with Gasteiger partial charge in [-0.05, 0) is 62.2 Å². The Morgan fingerprint density at radius 2 is 1.86 bits per heavy atom. The average molecular weight is 488 g/mol. The molecule has 0 spiro atoms. The van der Waals surface area contributed by atoms with Crippen LogP contribution in [0.15, 0.2) is 54.9 Å². The van der Waals surface area contributed by atoms with Gasteiger partial charge in [0.15, 0.2) is 0 Å². The molecular weight excluding hydrogens is 458 g/mol. The maximum absolute atomic E-state index is 13.1. The fraction of sp³-hybridized carbons (Fsp3) is 0.296. The van der Waals surface area contributed by atoms with Crippen LogP contribution in [-0.2, 0) is 20.7 Å². The molecule has 3 aromatic rings. The van der Waals surface area contributed by atoms with Crippen LogP contribution in [0.1, 0.15) is 41.9 Å². The highest BCUT2D eigenvalue weighted by Gasteiger charge is 2.35. The Kier molecular flexibility index (Phi) is 7.58. The molecular formula is C27H29N5O4. The van der Waals surface area contributed by atoms with E-state index in [4.69, 9.17) is 4.74 Å². The zero-order chi connectivity index (χ0) is 25.7. The molecule has 1 saturated heterocycles. The van der Waals surface area contributed by atoms with Crippen LogP contribution in [-0.4, -0.2) is 40.9 Å². The van der Waals surface area contributed by atoms with E-state index in [0.29, 0.717) is 29.4 Å². The molecule has 1 aliphatic heterocycles. The van der Waals surface area contributed by atoms with Crippen molar-refractivity contribution in [3.8, 4) is 0 Å². The third-order valence-corrected chi connectivity index (χ3v) is 6.01. The Hall–Kier alpha value is -4.27. The number of hydrogen-bond donors (Lipinski definition) is 2. The molecule has 1 atom stereocenters. The number of benzene rings is 2. The molecule has 1 unspecified atom stereocenters. The first kappa shape index (κ1) is 24.8. The number of anilines is 4. The van der Waals surface area contributed by atoms with E-state index in [2.05, 4.69) is 20.6 Å². The van der Waals surface area contributed by atoms with Crippen molar-refractivity contribution in [2.75, 3.05) is 28.7 Å². The number of esters is 1. The monoisotopic (exact) mass is 487 g/mol. The van der Waals surface area contributed by atoms with Crippen molar-refractivity contribution in [1.29, 1.82) is 0 Å². The van der Waals surface area contributed by atoms with Crippen molar-refractivity contribution in [1.82, 2.24) is 9.97 Å². The van der Waals surface area contributed by atoms with E-state index in [1.54, 1.807) is 36.1 Å². The van der Waals surface area contributed by atoms with Crippen molar-refractivity contribution in [2.24, 2.45) is 5.92 Å². The summed E-state index contributed by atoms with van der Waals surface area (Å²) in [6.45, 7) is 6.21. The van der Waals surface area contributed by atoms with Gasteiger partial charge >= 0.3 is 5.97 Å². The number of rotatable bonds is 8. The van der Waals surface area contributed by atoms with Crippen LogP contribution in [0, 0.1) is 12.8 Å². The molecule has 9 nitrogen and oxygen atoms in total. The van der Waals surface area contributed by atoms with Gasteiger partial charge in [-0.15, -0.1) is 0 Å². The average Bonchev–Trinajstić information content (AvgIpc) is 3.26. The Balaban J connectivity index is 1.45. The summed E-state index contributed by atoms with van der Waals surface area (Å²) < 4.78 is 5.00. The van der Waals surface area contributed by atoms with E-state index in [1.165, 1.54) is 6.33 Å². The summed E-state index contributed by atoms with van der Waals surface area (Å²) in [7, 11) is 0. The maximum atomic E-state index is 13.1. The molecule has 0 radical (unpaired) electrons. The van der Waals surface area contributed by atoms with E-state index in [-0.39, 0.29) is 24.8 Å². The molecule has 1 aliphatic rings. The highest BCUT2D eigenvalue weighted by Crippen LogP contribution is 2.29. The standard InChI is InChI=1S/C27H29N5O4/c1-4-18-6-9-21(30-24-12-17(3)28-16-29-24)14-23(18)31-26(34)20-13-25(33)32(15-20)22-10-7-19(8-11-22)27(35)36-5-2/h6-12,14,16,20H,4-5,13,15H2,1-3H3,(H,31,34)(H,28,29,30). The minimum Gasteiger partial charge on any atom is -0.462 e. The number of hydrogen-bond acceptors (Lipinski definition) is 7. The second-order valence-electron chi connectivity index (χ2n) is 8.56. The molecule has 0 saturated carbocycles. The Morgan fingerprint density at radius 1 is 1.08 bits per heavy atom. The smallest absolute Gasteiger partial charge is 0.338 e. The first-order chi connectivity index (χ1) is 17.4. The summed E-state index contributed by atoms with van der Waals surface area (Å²) >= 11 is 0. The van der Waals surface area contributed by atoms with Gasteiger partial charge in [0.05, 0.1) is 18.1 Å². The molecule has 4 rings (SSSR count). The zero-order valence-corrected chi connectivity index (χ0v) is 20.6. The van der Waals surface area contributed by atoms with Crippen LogP contribution in [0.4, 0.5) is 22.9 Å². The number of aromatic nitrogens is 2. The molecule has 2 aromatic carbocycles. The molecule has 2 N–H and O–H groups in total. The van der Waals surface area contributed by atoms with Crippen LogP contribution >= 0.6 is 0 Å². The Labute approximate surface area is 209 Å². The fourth-order valence-corrected chi connectivity index (χ4v) is 4.11. The SMILES string of the molecule is CCOC(=O)c1ccc(N2CC(C(=O)Nc3cc(Nc4cc(C)ncn4)ccc3CC)CC2=O)cc1. The quantitative estimate of drug-likeness (QED) is 0.457. The maximum Gasteiger partial charge on any atom is 0.338 e. The van der Waals surface area contributed by atoms with Crippen LogP contribution in [0.2, 0.25) is 0 Å². The summed E-state index contributed by atoms with van der Waals surface area (Å²) in [6.07, 6.45) is 2.35. The van der Waals surface area contributed by atoms with E-state index in [0.717, 1.165) is 23.4 Å². The molecule has 2 amide bonds. The van der Waals surface area contributed by atoms with Gasteiger partial charge in [-0.1, -0.05) is 13.0 Å². The number of nitrogens with one attached hydrogen (secondary N) is 2. The van der Waals surface area contributed by atoms with Gasteiger partial charge in [0.1, 0.15) is 12.1 Å².